The highest BCUT2D eigenvalue weighted by molar-refractivity contribution is 5.78. The monoisotopic (exact) mass is 211 g/mol. The van der Waals surface area contributed by atoms with Gasteiger partial charge >= 0.3 is 0 Å². The summed E-state index contributed by atoms with van der Waals surface area (Å²) in [5, 5.41) is 6.27. The summed E-state index contributed by atoms with van der Waals surface area (Å²) in [6, 6.07) is 0.616. The zero-order chi connectivity index (χ0) is 10.7. The number of piperazine rings is 1. The predicted molar refractivity (Wildman–Crippen MR) is 59.6 cm³/mol. The Morgan fingerprint density at radius 3 is 2.80 bits per heavy atom. The minimum absolute atomic E-state index is 0.229. The van der Waals surface area contributed by atoms with E-state index >= 15 is 0 Å². The van der Waals surface area contributed by atoms with Crippen molar-refractivity contribution in [2.75, 3.05) is 32.7 Å². The van der Waals surface area contributed by atoms with Crippen LogP contribution in [0.5, 0.6) is 0 Å². The minimum Gasteiger partial charge on any atom is -0.356 e. The summed E-state index contributed by atoms with van der Waals surface area (Å²) in [6.45, 7) is 7.67. The lowest BCUT2D eigenvalue weighted by molar-refractivity contribution is -0.119. The van der Waals surface area contributed by atoms with E-state index in [0.29, 0.717) is 12.0 Å². The van der Waals surface area contributed by atoms with Crippen molar-refractivity contribution in [1.82, 2.24) is 15.5 Å². The summed E-state index contributed by atoms with van der Waals surface area (Å²) in [7, 11) is 0. The molecule has 2 aliphatic rings. The minimum atomic E-state index is 0.229. The molecular weight excluding hydrogens is 190 g/mol. The number of nitrogens with one attached hydrogen (secondary N) is 2. The molecule has 0 aromatic rings. The van der Waals surface area contributed by atoms with Gasteiger partial charge in [-0.05, 0) is 19.3 Å². The van der Waals surface area contributed by atoms with Crippen molar-refractivity contribution in [3.8, 4) is 0 Å². The largest absolute Gasteiger partial charge is 0.356 e. The zero-order valence-corrected chi connectivity index (χ0v) is 9.46. The molecule has 4 heteroatoms. The van der Waals surface area contributed by atoms with Gasteiger partial charge in [-0.1, -0.05) is 0 Å². The van der Waals surface area contributed by atoms with E-state index in [1.54, 1.807) is 0 Å². The van der Waals surface area contributed by atoms with E-state index in [-0.39, 0.29) is 5.91 Å². The number of amides is 1. The van der Waals surface area contributed by atoms with Gasteiger partial charge < -0.3 is 10.6 Å². The number of nitrogens with zero attached hydrogens (tertiary/aromatic N) is 1. The van der Waals surface area contributed by atoms with E-state index in [9.17, 15) is 4.79 Å². The summed E-state index contributed by atoms with van der Waals surface area (Å²) < 4.78 is 0. The quantitative estimate of drug-likeness (QED) is 0.680. The van der Waals surface area contributed by atoms with Crippen LogP contribution in [0.4, 0.5) is 0 Å². The number of hydrogen-bond acceptors (Lipinski definition) is 3. The van der Waals surface area contributed by atoms with Crippen LogP contribution in [0, 0.1) is 5.92 Å². The molecule has 86 valence electrons. The summed E-state index contributed by atoms with van der Waals surface area (Å²) in [5.41, 5.74) is 0. The second-order valence-electron chi connectivity index (χ2n) is 4.74. The fourth-order valence-corrected chi connectivity index (χ4v) is 2.59. The van der Waals surface area contributed by atoms with Crippen LogP contribution >= 0.6 is 0 Å². The second kappa shape index (κ2) is 4.94. The molecule has 0 saturated carbocycles. The van der Waals surface area contributed by atoms with E-state index in [4.69, 9.17) is 0 Å². The highest BCUT2D eigenvalue weighted by Crippen LogP contribution is 2.18. The Hall–Kier alpha value is -0.610. The molecular formula is C11H21N3O. The van der Waals surface area contributed by atoms with Crippen molar-refractivity contribution in [3.63, 3.8) is 0 Å². The Labute approximate surface area is 91.4 Å². The molecule has 0 aromatic carbocycles. The van der Waals surface area contributed by atoms with E-state index < -0.39 is 0 Å². The predicted octanol–water partition coefficient (Wildman–Crippen LogP) is -0.194. The van der Waals surface area contributed by atoms with Crippen LogP contribution in [0.1, 0.15) is 19.8 Å². The molecule has 2 atom stereocenters. The van der Waals surface area contributed by atoms with Crippen molar-refractivity contribution in [2.24, 2.45) is 5.92 Å². The van der Waals surface area contributed by atoms with Crippen LogP contribution in [-0.2, 0) is 4.79 Å². The topological polar surface area (TPSA) is 44.4 Å². The van der Waals surface area contributed by atoms with E-state index in [2.05, 4.69) is 22.5 Å². The van der Waals surface area contributed by atoms with Gasteiger partial charge in [0.25, 0.3) is 0 Å². The zero-order valence-electron chi connectivity index (χ0n) is 9.46. The summed E-state index contributed by atoms with van der Waals surface area (Å²) >= 11 is 0. The third kappa shape index (κ3) is 2.92. The van der Waals surface area contributed by atoms with E-state index in [1.807, 2.05) is 0 Å². The lowest BCUT2D eigenvalue weighted by Gasteiger charge is -2.33. The summed E-state index contributed by atoms with van der Waals surface area (Å²) in [6.07, 6.45) is 1.88. The van der Waals surface area contributed by atoms with Gasteiger partial charge in [0, 0.05) is 45.2 Å². The van der Waals surface area contributed by atoms with Crippen molar-refractivity contribution in [3.05, 3.63) is 0 Å². The molecule has 2 N–H and O–H groups in total. The lowest BCUT2D eigenvalue weighted by Crippen LogP contribution is -2.48. The molecule has 0 radical (unpaired) electrons. The average Bonchev–Trinajstić information content (AvgIpc) is 2.65. The van der Waals surface area contributed by atoms with Gasteiger partial charge in [-0.3, -0.25) is 9.69 Å². The SMILES string of the molecule is CC(CC1CNC(=O)C1)N1CCNCC1. The lowest BCUT2D eigenvalue weighted by atomic mass is 9.98. The number of hydrogen-bond donors (Lipinski definition) is 2. The first kappa shape index (κ1) is 10.9. The standard InChI is InChI=1S/C11H21N3O/c1-9(14-4-2-12-3-5-14)6-10-7-11(15)13-8-10/h9-10,12H,2-8H2,1H3,(H,13,15). The first-order chi connectivity index (χ1) is 7.25. The van der Waals surface area contributed by atoms with Crippen molar-refractivity contribution >= 4 is 5.91 Å². The average molecular weight is 211 g/mol. The number of rotatable bonds is 3. The molecule has 0 aliphatic carbocycles. The third-order valence-electron chi connectivity index (χ3n) is 3.51. The Kier molecular flexibility index (Phi) is 3.59. The Balaban J connectivity index is 1.75. The van der Waals surface area contributed by atoms with Gasteiger partial charge in [0.15, 0.2) is 0 Å². The summed E-state index contributed by atoms with van der Waals surface area (Å²) in [4.78, 5) is 13.6. The van der Waals surface area contributed by atoms with Gasteiger partial charge in [0.1, 0.15) is 0 Å². The number of carbonyl (C=O) groups excluding carboxylic acids is 1. The molecule has 15 heavy (non-hydrogen) atoms. The molecule has 0 bridgehead atoms. The molecule has 2 fully saturated rings. The molecule has 1 amide bonds. The highest BCUT2D eigenvalue weighted by atomic mass is 16.1. The maximum Gasteiger partial charge on any atom is 0.220 e. The molecule has 0 aromatic heterocycles. The van der Waals surface area contributed by atoms with E-state index in [1.165, 1.54) is 0 Å². The molecule has 2 heterocycles. The highest BCUT2D eigenvalue weighted by Gasteiger charge is 2.25. The summed E-state index contributed by atoms with van der Waals surface area (Å²) in [5.74, 6) is 0.787. The van der Waals surface area contributed by atoms with Crippen LogP contribution in [0.3, 0.4) is 0 Å². The van der Waals surface area contributed by atoms with Gasteiger partial charge in [-0.2, -0.15) is 0 Å². The third-order valence-corrected chi connectivity index (χ3v) is 3.51. The van der Waals surface area contributed by atoms with Crippen molar-refractivity contribution in [1.29, 1.82) is 0 Å². The maximum atomic E-state index is 11.1. The van der Waals surface area contributed by atoms with Crippen molar-refractivity contribution in [2.45, 2.75) is 25.8 Å². The molecule has 0 spiro atoms. The van der Waals surface area contributed by atoms with Crippen LogP contribution in [-0.4, -0.2) is 49.6 Å². The van der Waals surface area contributed by atoms with Crippen LogP contribution in [0.15, 0.2) is 0 Å². The Morgan fingerprint density at radius 1 is 1.47 bits per heavy atom. The maximum absolute atomic E-state index is 11.1. The van der Waals surface area contributed by atoms with Crippen molar-refractivity contribution < 1.29 is 4.79 Å². The van der Waals surface area contributed by atoms with Gasteiger partial charge in [-0.25, -0.2) is 0 Å². The van der Waals surface area contributed by atoms with Gasteiger partial charge in [0.2, 0.25) is 5.91 Å². The first-order valence-corrected chi connectivity index (χ1v) is 5.97. The van der Waals surface area contributed by atoms with Gasteiger partial charge in [-0.15, -0.1) is 0 Å². The van der Waals surface area contributed by atoms with Crippen LogP contribution in [0.25, 0.3) is 0 Å². The second-order valence-corrected chi connectivity index (χ2v) is 4.74. The first-order valence-electron chi connectivity index (χ1n) is 5.97. The van der Waals surface area contributed by atoms with Crippen LogP contribution < -0.4 is 10.6 Å². The molecule has 2 aliphatic heterocycles. The molecule has 2 rings (SSSR count). The van der Waals surface area contributed by atoms with Crippen LogP contribution in [0.2, 0.25) is 0 Å². The smallest absolute Gasteiger partial charge is 0.220 e. The molecule has 4 nitrogen and oxygen atoms in total. The normalized spacial score (nSPS) is 30.2. The number of carbonyl (C=O) groups is 1. The molecule has 2 unspecified atom stereocenters. The Morgan fingerprint density at radius 2 is 2.20 bits per heavy atom. The fraction of sp³-hybridized carbons (Fsp3) is 0.909. The fourth-order valence-electron chi connectivity index (χ4n) is 2.59. The Bertz CT molecular complexity index is 226. The van der Waals surface area contributed by atoms with Gasteiger partial charge in [0.05, 0.1) is 0 Å². The molecule has 2 saturated heterocycles. The van der Waals surface area contributed by atoms with E-state index in [0.717, 1.165) is 45.6 Å².